The Morgan fingerprint density at radius 1 is 0.872 bits per heavy atom. The van der Waals surface area contributed by atoms with E-state index in [9.17, 15) is 9.59 Å². The van der Waals surface area contributed by atoms with E-state index >= 15 is 0 Å². The number of fused-ring (bicyclic) bond motifs is 1. The predicted molar refractivity (Wildman–Crippen MR) is 154 cm³/mol. The van der Waals surface area contributed by atoms with Crippen molar-refractivity contribution in [2.75, 3.05) is 19.5 Å². The Labute approximate surface area is 228 Å². The molecule has 0 spiro atoms. The lowest BCUT2D eigenvalue weighted by Gasteiger charge is -2.18. The predicted octanol–water partition coefficient (Wildman–Crippen LogP) is 6.06. The number of carbonyl (C=O) groups is 2. The molecular weight excluding hydrogens is 492 g/mol. The molecule has 0 unspecified atom stereocenters. The molecule has 8 nitrogen and oxygen atoms in total. The van der Waals surface area contributed by atoms with Crippen LogP contribution in [0.25, 0.3) is 22.2 Å². The van der Waals surface area contributed by atoms with E-state index in [0.717, 1.165) is 11.1 Å². The van der Waals surface area contributed by atoms with Crippen molar-refractivity contribution in [2.45, 2.75) is 27.7 Å². The molecule has 2 N–H and O–H groups in total. The second kappa shape index (κ2) is 11.3. The smallest absolute Gasteiger partial charge is 0.272 e. The standard InChI is InChI=1S/C31H32N4O4/c1-19(20-10-9-11-22(16-20)32-30(37)31(2,3)4)34-35-29(36)24-18-26(33-25-13-8-7-12-23(24)25)21-14-15-27(38-5)28(17-21)39-6/h7-18H,1-6H3,(H,32,37)(H,35,36)/b34-19+. The SMILES string of the molecule is COc1ccc(-c2cc(C(=O)N/N=C(\C)c3cccc(NC(=O)C(C)(C)C)c3)c3ccccc3n2)cc1OC. The quantitative estimate of drug-likeness (QED) is 0.226. The van der Waals surface area contributed by atoms with Gasteiger partial charge in [-0.05, 0) is 55.0 Å². The monoisotopic (exact) mass is 524 g/mol. The Balaban J connectivity index is 1.63. The van der Waals surface area contributed by atoms with Crippen LogP contribution >= 0.6 is 0 Å². The summed E-state index contributed by atoms with van der Waals surface area (Å²) >= 11 is 0. The summed E-state index contributed by atoms with van der Waals surface area (Å²) in [5.41, 5.74) is 6.70. The molecule has 3 aromatic carbocycles. The van der Waals surface area contributed by atoms with Gasteiger partial charge >= 0.3 is 0 Å². The molecule has 4 aromatic rings. The zero-order valence-electron chi connectivity index (χ0n) is 23.0. The molecular formula is C31H32N4O4. The Bertz CT molecular complexity index is 1570. The number of aromatic nitrogens is 1. The van der Waals surface area contributed by atoms with Crippen LogP contribution in [0.15, 0.2) is 77.9 Å². The first-order valence-electron chi connectivity index (χ1n) is 12.5. The normalized spacial score (nSPS) is 11.7. The molecule has 0 fully saturated rings. The van der Waals surface area contributed by atoms with Crippen molar-refractivity contribution in [1.82, 2.24) is 10.4 Å². The van der Waals surface area contributed by atoms with E-state index in [1.165, 1.54) is 0 Å². The number of para-hydroxylation sites is 1. The van der Waals surface area contributed by atoms with Gasteiger partial charge in [0.2, 0.25) is 5.91 Å². The lowest BCUT2D eigenvalue weighted by atomic mass is 9.95. The molecule has 8 heteroatoms. The summed E-state index contributed by atoms with van der Waals surface area (Å²) in [6.07, 6.45) is 0. The fraction of sp³-hybridized carbons (Fsp3) is 0.226. The number of hydrogen-bond acceptors (Lipinski definition) is 6. The number of nitrogens with one attached hydrogen (secondary N) is 2. The minimum atomic E-state index is -0.518. The third kappa shape index (κ3) is 6.23. The maximum absolute atomic E-state index is 13.4. The number of amides is 2. The summed E-state index contributed by atoms with van der Waals surface area (Å²) in [5.74, 6) is 0.716. The first-order chi connectivity index (χ1) is 18.6. The molecule has 0 bridgehead atoms. The minimum absolute atomic E-state index is 0.0857. The van der Waals surface area contributed by atoms with Gasteiger partial charge in [0.15, 0.2) is 11.5 Å². The average molecular weight is 525 g/mol. The number of hydrazone groups is 1. The molecule has 0 saturated carbocycles. The van der Waals surface area contributed by atoms with E-state index in [-0.39, 0.29) is 11.8 Å². The van der Waals surface area contributed by atoms with Gasteiger partial charge in [-0.25, -0.2) is 10.4 Å². The fourth-order valence-corrected chi connectivity index (χ4v) is 3.91. The molecule has 0 aliphatic rings. The van der Waals surface area contributed by atoms with E-state index in [2.05, 4.69) is 15.8 Å². The van der Waals surface area contributed by atoms with Crippen molar-refractivity contribution < 1.29 is 19.1 Å². The van der Waals surface area contributed by atoms with Gasteiger partial charge in [-0.1, -0.05) is 51.1 Å². The molecule has 0 aliphatic carbocycles. The van der Waals surface area contributed by atoms with Crippen LogP contribution in [0.4, 0.5) is 5.69 Å². The molecule has 4 rings (SSSR count). The molecule has 1 heterocycles. The maximum Gasteiger partial charge on any atom is 0.272 e. The highest BCUT2D eigenvalue weighted by Gasteiger charge is 2.21. The minimum Gasteiger partial charge on any atom is -0.493 e. The zero-order chi connectivity index (χ0) is 28.2. The van der Waals surface area contributed by atoms with Gasteiger partial charge in [0, 0.05) is 22.1 Å². The zero-order valence-corrected chi connectivity index (χ0v) is 23.0. The molecule has 0 radical (unpaired) electrons. The Hall–Kier alpha value is -4.72. The number of methoxy groups -OCH3 is 2. The third-order valence-corrected chi connectivity index (χ3v) is 6.18. The van der Waals surface area contributed by atoms with E-state index in [1.54, 1.807) is 33.3 Å². The maximum atomic E-state index is 13.4. The Morgan fingerprint density at radius 3 is 2.33 bits per heavy atom. The first kappa shape index (κ1) is 27.3. The van der Waals surface area contributed by atoms with Crippen LogP contribution in [0.5, 0.6) is 11.5 Å². The highest BCUT2D eigenvalue weighted by molar-refractivity contribution is 6.08. The number of pyridine rings is 1. The number of ether oxygens (including phenoxy) is 2. The van der Waals surface area contributed by atoms with Crippen molar-refractivity contribution in [1.29, 1.82) is 0 Å². The molecule has 2 amide bonds. The summed E-state index contributed by atoms with van der Waals surface area (Å²) in [7, 11) is 3.15. The van der Waals surface area contributed by atoms with E-state index in [0.29, 0.717) is 45.1 Å². The topological polar surface area (TPSA) is 102 Å². The first-order valence-corrected chi connectivity index (χ1v) is 12.5. The lowest BCUT2D eigenvalue weighted by Crippen LogP contribution is -2.27. The highest BCUT2D eigenvalue weighted by Crippen LogP contribution is 2.33. The molecule has 0 saturated heterocycles. The summed E-state index contributed by atoms with van der Waals surface area (Å²) in [6.45, 7) is 7.36. The second-order valence-corrected chi connectivity index (χ2v) is 10.1. The second-order valence-electron chi connectivity index (χ2n) is 10.1. The lowest BCUT2D eigenvalue weighted by molar-refractivity contribution is -0.123. The summed E-state index contributed by atoms with van der Waals surface area (Å²) in [5, 5.41) is 7.97. The van der Waals surface area contributed by atoms with Gasteiger partial charge in [-0.3, -0.25) is 9.59 Å². The van der Waals surface area contributed by atoms with Crippen LogP contribution in [-0.2, 0) is 4.79 Å². The largest absolute Gasteiger partial charge is 0.493 e. The van der Waals surface area contributed by atoms with Gasteiger partial charge in [-0.2, -0.15) is 5.10 Å². The number of rotatable bonds is 7. The van der Waals surface area contributed by atoms with Gasteiger partial charge in [-0.15, -0.1) is 0 Å². The van der Waals surface area contributed by atoms with Crippen molar-refractivity contribution in [3.05, 3.63) is 83.9 Å². The van der Waals surface area contributed by atoms with Crippen LogP contribution in [-0.4, -0.2) is 36.7 Å². The van der Waals surface area contributed by atoms with Gasteiger partial charge in [0.25, 0.3) is 5.91 Å². The van der Waals surface area contributed by atoms with E-state index in [1.807, 2.05) is 81.4 Å². The fourth-order valence-electron chi connectivity index (χ4n) is 3.91. The van der Waals surface area contributed by atoms with Crippen molar-refractivity contribution >= 4 is 34.1 Å². The van der Waals surface area contributed by atoms with Gasteiger partial charge in [0.1, 0.15) is 0 Å². The van der Waals surface area contributed by atoms with Gasteiger partial charge in [0.05, 0.1) is 36.7 Å². The third-order valence-electron chi connectivity index (χ3n) is 6.18. The van der Waals surface area contributed by atoms with Crippen LogP contribution in [0.2, 0.25) is 0 Å². The number of benzene rings is 3. The Morgan fingerprint density at radius 2 is 1.62 bits per heavy atom. The molecule has 0 atom stereocenters. The van der Waals surface area contributed by atoms with Crippen LogP contribution in [0.3, 0.4) is 0 Å². The summed E-state index contributed by atoms with van der Waals surface area (Å²) in [6, 6.07) is 22.0. The van der Waals surface area contributed by atoms with Crippen molar-refractivity contribution in [2.24, 2.45) is 10.5 Å². The summed E-state index contributed by atoms with van der Waals surface area (Å²) in [4.78, 5) is 30.5. The molecule has 1 aromatic heterocycles. The Kier molecular flexibility index (Phi) is 7.95. The van der Waals surface area contributed by atoms with E-state index < -0.39 is 5.41 Å². The molecule has 0 aliphatic heterocycles. The number of anilines is 1. The van der Waals surface area contributed by atoms with Crippen molar-refractivity contribution in [3.63, 3.8) is 0 Å². The molecule has 200 valence electrons. The highest BCUT2D eigenvalue weighted by atomic mass is 16.5. The number of hydrogen-bond donors (Lipinski definition) is 2. The van der Waals surface area contributed by atoms with Crippen LogP contribution in [0, 0.1) is 5.41 Å². The van der Waals surface area contributed by atoms with Crippen molar-refractivity contribution in [3.8, 4) is 22.8 Å². The molecule has 39 heavy (non-hydrogen) atoms. The number of carbonyl (C=O) groups excluding carboxylic acids is 2. The van der Waals surface area contributed by atoms with Crippen LogP contribution in [0.1, 0.15) is 43.6 Å². The average Bonchev–Trinajstić information content (AvgIpc) is 2.94. The van der Waals surface area contributed by atoms with Crippen LogP contribution < -0.4 is 20.2 Å². The van der Waals surface area contributed by atoms with E-state index in [4.69, 9.17) is 14.5 Å². The summed E-state index contributed by atoms with van der Waals surface area (Å²) < 4.78 is 10.8. The number of nitrogens with zero attached hydrogens (tertiary/aromatic N) is 2. The van der Waals surface area contributed by atoms with Gasteiger partial charge < -0.3 is 14.8 Å².